The number of esters is 1. The van der Waals surface area contributed by atoms with Gasteiger partial charge in [-0.2, -0.15) is 5.10 Å². The first kappa shape index (κ1) is 17.7. The average Bonchev–Trinajstić information content (AvgIpc) is 3.26. The molecule has 140 valence electrons. The zero-order valence-corrected chi connectivity index (χ0v) is 16.5. The third-order valence-corrected chi connectivity index (χ3v) is 5.09. The first-order valence-electron chi connectivity index (χ1n) is 8.68. The van der Waals surface area contributed by atoms with Gasteiger partial charge in [-0.15, -0.1) is 0 Å². The molecule has 27 heavy (non-hydrogen) atoms. The fourth-order valence-electron chi connectivity index (χ4n) is 3.29. The summed E-state index contributed by atoms with van der Waals surface area (Å²) < 4.78 is 9.48. The molecule has 1 amide bonds. The maximum atomic E-state index is 13.0. The number of imidazole rings is 1. The predicted octanol–water partition coefficient (Wildman–Crippen LogP) is 2.69. The Morgan fingerprint density at radius 2 is 2.07 bits per heavy atom. The van der Waals surface area contributed by atoms with Crippen molar-refractivity contribution < 1.29 is 14.3 Å². The number of rotatable bonds is 3. The Kier molecular flexibility index (Phi) is 4.47. The van der Waals surface area contributed by atoms with Gasteiger partial charge >= 0.3 is 5.97 Å². The highest BCUT2D eigenvalue weighted by atomic mass is 79.9. The summed E-state index contributed by atoms with van der Waals surface area (Å²) in [5.74, 6) is 0.0637. The standard InChI is InChI=1S/C18H18BrN5O3/c1-3-27-18(26)15-10-22-6-7-23(11(2)16(22)20-15)17(25)14-8-13-5-4-12(19)9-24(13)21-14/h4-5,8-11H,3,6-7H2,1-2H3. The number of fused-ring (bicyclic) bond motifs is 2. The van der Waals surface area contributed by atoms with E-state index in [4.69, 9.17) is 4.74 Å². The second-order valence-electron chi connectivity index (χ2n) is 6.32. The van der Waals surface area contributed by atoms with Gasteiger partial charge in [0.15, 0.2) is 11.4 Å². The highest BCUT2D eigenvalue weighted by Crippen LogP contribution is 2.26. The number of carbonyl (C=O) groups excluding carboxylic acids is 2. The molecule has 1 aliphatic heterocycles. The number of hydrogen-bond donors (Lipinski definition) is 0. The minimum Gasteiger partial charge on any atom is -0.461 e. The van der Waals surface area contributed by atoms with Crippen LogP contribution in [0.25, 0.3) is 5.52 Å². The summed E-state index contributed by atoms with van der Waals surface area (Å²) in [4.78, 5) is 31.1. The van der Waals surface area contributed by atoms with E-state index >= 15 is 0 Å². The van der Waals surface area contributed by atoms with Crippen LogP contribution < -0.4 is 0 Å². The third-order valence-electron chi connectivity index (χ3n) is 4.62. The Labute approximate surface area is 163 Å². The maximum Gasteiger partial charge on any atom is 0.358 e. The van der Waals surface area contributed by atoms with Crippen LogP contribution in [0.1, 0.15) is 46.7 Å². The minimum atomic E-state index is -0.449. The van der Waals surface area contributed by atoms with Crippen LogP contribution in [-0.4, -0.2) is 49.1 Å². The average molecular weight is 432 g/mol. The third kappa shape index (κ3) is 3.12. The van der Waals surface area contributed by atoms with Crippen LogP contribution in [0.2, 0.25) is 0 Å². The minimum absolute atomic E-state index is 0.158. The highest BCUT2D eigenvalue weighted by molar-refractivity contribution is 9.10. The summed E-state index contributed by atoms with van der Waals surface area (Å²) in [5.41, 5.74) is 1.49. The van der Waals surface area contributed by atoms with Crippen molar-refractivity contribution in [1.29, 1.82) is 0 Å². The molecule has 1 aliphatic rings. The summed E-state index contributed by atoms with van der Waals surface area (Å²) >= 11 is 3.40. The fraction of sp³-hybridized carbons (Fsp3) is 0.333. The van der Waals surface area contributed by atoms with Gasteiger partial charge in [0.1, 0.15) is 5.82 Å². The molecular formula is C18H18BrN5O3. The van der Waals surface area contributed by atoms with E-state index in [0.717, 1.165) is 9.99 Å². The lowest BCUT2D eigenvalue weighted by atomic mass is 10.2. The first-order valence-corrected chi connectivity index (χ1v) is 9.47. The van der Waals surface area contributed by atoms with E-state index in [9.17, 15) is 9.59 Å². The van der Waals surface area contributed by atoms with E-state index in [1.54, 1.807) is 28.6 Å². The van der Waals surface area contributed by atoms with Crippen LogP contribution >= 0.6 is 15.9 Å². The number of carbonyl (C=O) groups is 2. The monoisotopic (exact) mass is 431 g/mol. The number of ether oxygens (including phenoxy) is 1. The summed E-state index contributed by atoms with van der Waals surface area (Å²) in [6.07, 6.45) is 3.50. The molecule has 0 saturated carbocycles. The molecule has 0 aliphatic carbocycles. The topological polar surface area (TPSA) is 81.7 Å². The highest BCUT2D eigenvalue weighted by Gasteiger charge is 2.32. The normalized spacial score (nSPS) is 16.4. The second-order valence-corrected chi connectivity index (χ2v) is 7.23. The van der Waals surface area contributed by atoms with Crippen molar-refractivity contribution in [3.05, 3.63) is 52.3 Å². The first-order chi connectivity index (χ1) is 13.0. The Morgan fingerprint density at radius 1 is 1.26 bits per heavy atom. The summed E-state index contributed by atoms with van der Waals surface area (Å²) in [7, 11) is 0. The molecule has 3 aromatic heterocycles. The number of amides is 1. The van der Waals surface area contributed by atoms with Crippen molar-refractivity contribution in [2.45, 2.75) is 26.4 Å². The molecule has 1 atom stereocenters. The molecule has 9 heteroatoms. The Balaban J connectivity index is 1.61. The molecule has 0 saturated heterocycles. The molecular weight excluding hydrogens is 414 g/mol. The predicted molar refractivity (Wildman–Crippen MR) is 101 cm³/mol. The molecule has 8 nitrogen and oxygen atoms in total. The zero-order valence-electron chi connectivity index (χ0n) is 14.9. The fourth-order valence-corrected chi connectivity index (χ4v) is 3.61. The Hall–Kier alpha value is -2.68. The van der Waals surface area contributed by atoms with Gasteiger partial charge in [0.2, 0.25) is 0 Å². The molecule has 3 aromatic rings. The number of halogens is 1. The maximum absolute atomic E-state index is 13.0. The van der Waals surface area contributed by atoms with Gasteiger partial charge in [-0.25, -0.2) is 14.3 Å². The molecule has 0 fully saturated rings. The lowest BCUT2D eigenvalue weighted by Crippen LogP contribution is -2.41. The zero-order chi connectivity index (χ0) is 19.1. The van der Waals surface area contributed by atoms with Crippen molar-refractivity contribution >= 4 is 33.3 Å². The van der Waals surface area contributed by atoms with Gasteiger partial charge in [-0.3, -0.25) is 4.79 Å². The summed E-state index contributed by atoms with van der Waals surface area (Å²) in [6, 6.07) is 5.30. The van der Waals surface area contributed by atoms with Crippen molar-refractivity contribution in [3.8, 4) is 0 Å². The van der Waals surface area contributed by atoms with E-state index in [2.05, 4.69) is 26.0 Å². The van der Waals surface area contributed by atoms with Gasteiger partial charge in [0.25, 0.3) is 5.91 Å². The second kappa shape index (κ2) is 6.80. The van der Waals surface area contributed by atoms with Crippen molar-refractivity contribution in [2.24, 2.45) is 0 Å². The Morgan fingerprint density at radius 3 is 2.85 bits per heavy atom. The van der Waals surface area contributed by atoms with Gasteiger partial charge < -0.3 is 14.2 Å². The van der Waals surface area contributed by atoms with E-state index in [0.29, 0.717) is 31.2 Å². The smallest absolute Gasteiger partial charge is 0.358 e. The van der Waals surface area contributed by atoms with Crippen LogP contribution in [0.3, 0.4) is 0 Å². The number of pyridine rings is 1. The van der Waals surface area contributed by atoms with Gasteiger partial charge in [-0.1, -0.05) is 0 Å². The SMILES string of the molecule is CCOC(=O)c1cn2c(n1)C(C)N(C(=O)c1cc3ccc(Br)cn3n1)CC2. The van der Waals surface area contributed by atoms with Crippen LogP contribution in [0, 0.1) is 0 Å². The van der Waals surface area contributed by atoms with Gasteiger partial charge in [-0.05, 0) is 48.0 Å². The quantitative estimate of drug-likeness (QED) is 0.595. The molecule has 0 N–H and O–H groups in total. The molecule has 0 radical (unpaired) electrons. The number of hydrogen-bond acceptors (Lipinski definition) is 5. The number of aromatic nitrogens is 4. The Bertz CT molecular complexity index is 1040. The van der Waals surface area contributed by atoms with E-state index in [-0.39, 0.29) is 17.6 Å². The van der Waals surface area contributed by atoms with E-state index in [1.807, 2.05) is 29.8 Å². The molecule has 0 aromatic carbocycles. The van der Waals surface area contributed by atoms with Crippen molar-refractivity contribution in [2.75, 3.05) is 13.2 Å². The van der Waals surface area contributed by atoms with Crippen LogP contribution in [-0.2, 0) is 11.3 Å². The van der Waals surface area contributed by atoms with Crippen molar-refractivity contribution in [3.63, 3.8) is 0 Å². The molecule has 1 unspecified atom stereocenters. The largest absolute Gasteiger partial charge is 0.461 e. The lowest BCUT2D eigenvalue weighted by molar-refractivity contribution is 0.0519. The van der Waals surface area contributed by atoms with E-state index < -0.39 is 5.97 Å². The lowest BCUT2D eigenvalue weighted by Gasteiger charge is -2.33. The molecule has 0 bridgehead atoms. The van der Waals surface area contributed by atoms with Crippen LogP contribution in [0.15, 0.2) is 35.1 Å². The molecule has 4 rings (SSSR count). The molecule has 0 spiro atoms. The molecule has 4 heterocycles. The van der Waals surface area contributed by atoms with Crippen molar-refractivity contribution in [1.82, 2.24) is 24.1 Å². The van der Waals surface area contributed by atoms with Gasteiger partial charge in [0, 0.05) is 30.0 Å². The van der Waals surface area contributed by atoms with E-state index in [1.165, 1.54) is 0 Å². The summed E-state index contributed by atoms with van der Waals surface area (Å²) in [6.45, 7) is 5.03. The van der Waals surface area contributed by atoms with Crippen LogP contribution in [0.4, 0.5) is 0 Å². The summed E-state index contributed by atoms with van der Waals surface area (Å²) in [5, 5.41) is 4.39. The van der Waals surface area contributed by atoms with Gasteiger partial charge in [0.05, 0.1) is 18.2 Å². The van der Waals surface area contributed by atoms with Crippen LogP contribution in [0.5, 0.6) is 0 Å². The number of nitrogens with zero attached hydrogens (tertiary/aromatic N) is 5.